The third-order valence-corrected chi connectivity index (χ3v) is 3.67. The third kappa shape index (κ3) is 7.68. The van der Waals surface area contributed by atoms with Crippen molar-refractivity contribution in [3.63, 3.8) is 0 Å². The first-order valence-corrected chi connectivity index (χ1v) is 8.37. The van der Waals surface area contributed by atoms with Crippen molar-refractivity contribution in [2.75, 3.05) is 6.54 Å². The Kier molecular flexibility index (Phi) is 7.47. The summed E-state index contributed by atoms with van der Waals surface area (Å²) in [6, 6.07) is 2.75. The summed E-state index contributed by atoms with van der Waals surface area (Å²) in [5, 5.41) is 3.50. The van der Waals surface area contributed by atoms with Crippen molar-refractivity contribution in [2.24, 2.45) is 0 Å². The van der Waals surface area contributed by atoms with Crippen LogP contribution >= 0.6 is 0 Å². The molecule has 0 atom stereocenters. The first-order valence-electron chi connectivity index (χ1n) is 8.37. The molecular formula is C18H34N2O. The van der Waals surface area contributed by atoms with Crippen molar-refractivity contribution in [1.29, 1.82) is 0 Å². The van der Waals surface area contributed by atoms with E-state index in [-0.39, 0.29) is 5.54 Å². The van der Waals surface area contributed by atoms with Gasteiger partial charge in [0.05, 0.1) is 12.8 Å². The molecule has 1 heterocycles. The normalized spacial score (nSPS) is 12.6. The molecule has 3 heteroatoms. The van der Waals surface area contributed by atoms with E-state index in [0.717, 1.165) is 25.4 Å². The summed E-state index contributed by atoms with van der Waals surface area (Å²) >= 11 is 0. The molecule has 0 radical (unpaired) electrons. The summed E-state index contributed by atoms with van der Waals surface area (Å²) in [7, 11) is 0. The monoisotopic (exact) mass is 294 g/mol. The molecule has 1 rings (SSSR count). The second kappa shape index (κ2) is 8.60. The number of hydrogen-bond donors (Lipinski definition) is 1. The maximum atomic E-state index is 5.74. The number of nitrogens with one attached hydrogen (secondary N) is 1. The van der Waals surface area contributed by atoms with Crippen molar-refractivity contribution in [2.45, 2.75) is 85.5 Å². The van der Waals surface area contributed by atoms with Crippen molar-refractivity contribution in [3.8, 4) is 0 Å². The van der Waals surface area contributed by atoms with Gasteiger partial charge >= 0.3 is 0 Å². The smallest absolute Gasteiger partial charge is 0.118 e. The fourth-order valence-corrected chi connectivity index (χ4v) is 2.25. The van der Waals surface area contributed by atoms with Gasteiger partial charge in [0.2, 0.25) is 0 Å². The minimum Gasteiger partial charge on any atom is -0.468 e. The second-order valence-electron chi connectivity index (χ2n) is 7.30. The molecule has 0 aliphatic rings. The topological polar surface area (TPSA) is 28.4 Å². The zero-order valence-corrected chi connectivity index (χ0v) is 14.8. The Morgan fingerprint density at radius 3 is 2.52 bits per heavy atom. The molecular weight excluding hydrogens is 260 g/mol. The zero-order valence-electron chi connectivity index (χ0n) is 14.8. The Balaban J connectivity index is 2.50. The van der Waals surface area contributed by atoms with Gasteiger partial charge in [-0.15, -0.1) is 0 Å². The van der Waals surface area contributed by atoms with Gasteiger partial charge in [0.1, 0.15) is 5.76 Å². The number of furan rings is 1. The zero-order chi connectivity index (χ0) is 15.9. The standard InChI is InChI=1S/C18H34N2O/c1-7-8-9-10-20(15(2)3)13-17-11-16(14-21-17)12-19-18(4,5)6/h11,14-15,19H,7-10,12-13H2,1-6H3. The van der Waals surface area contributed by atoms with Gasteiger partial charge in [-0.25, -0.2) is 0 Å². The number of unbranched alkanes of at least 4 members (excludes halogenated alkanes) is 2. The van der Waals surface area contributed by atoms with Crippen LogP contribution in [0.4, 0.5) is 0 Å². The first kappa shape index (κ1) is 18.2. The number of rotatable bonds is 9. The van der Waals surface area contributed by atoms with E-state index in [2.05, 4.69) is 57.8 Å². The molecule has 1 aromatic rings. The van der Waals surface area contributed by atoms with Crippen LogP contribution in [0.15, 0.2) is 16.7 Å². The molecule has 3 nitrogen and oxygen atoms in total. The van der Waals surface area contributed by atoms with Crippen molar-refractivity contribution < 1.29 is 4.42 Å². The predicted molar refractivity (Wildman–Crippen MR) is 90.4 cm³/mol. The summed E-state index contributed by atoms with van der Waals surface area (Å²) in [5.41, 5.74) is 1.37. The summed E-state index contributed by atoms with van der Waals surface area (Å²) in [4.78, 5) is 2.50. The molecule has 0 aliphatic carbocycles. The molecule has 0 amide bonds. The molecule has 122 valence electrons. The van der Waals surface area contributed by atoms with Crippen LogP contribution in [0.2, 0.25) is 0 Å². The maximum Gasteiger partial charge on any atom is 0.118 e. The summed E-state index contributed by atoms with van der Waals surface area (Å²) in [6.45, 7) is 16.3. The average molecular weight is 294 g/mol. The Morgan fingerprint density at radius 1 is 1.24 bits per heavy atom. The van der Waals surface area contributed by atoms with Gasteiger partial charge < -0.3 is 9.73 Å². The van der Waals surface area contributed by atoms with Gasteiger partial charge in [-0.05, 0) is 53.7 Å². The highest BCUT2D eigenvalue weighted by Gasteiger charge is 2.13. The van der Waals surface area contributed by atoms with Crippen LogP contribution in [0.3, 0.4) is 0 Å². The lowest BCUT2D eigenvalue weighted by molar-refractivity contribution is 0.192. The first-order chi connectivity index (χ1) is 9.81. The lowest BCUT2D eigenvalue weighted by atomic mass is 10.1. The molecule has 0 saturated heterocycles. The van der Waals surface area contributed by atoms with Crippen LogP contribution in [-0.2, 0) is 13.1 Å². The Bertz CT molecular complexity index is 390. The van der Waals surface area contributed by atoms with E-state index in [0.29, 0.717) is 6.04 Å². The van der Waals surface area contributed by atoms with Gasteiger partial charge in [0, 0.05) is 23.7 Å². The Morgan fingerprint density at radius 2 is 1.95 bits per heavy atom. The predicted octanol–water partition coefficient (Wildman–Crippen LogP) is 4.57. The van der Waals surface area contributed by atoms with Crippen LogP contribution in [0.5, 0.6) is 0 Å². The Hall–Kier alpha value is -0.800. The molecule has 0 spiro atoms. The van der Waals surface area contributed by atoms with Gasteiger partial charge in [-0.1, -0.05) is 19.8 Å². The maximum absolute atomic E-state index is 5.74. The highest BCUT2D eigenvalue weighted by Crippen LogP contribution is 2.14. The van der Waals surface area contributed by atoms with E-state index >= 15 is 0 Å². The highest BCUT2D eigenvalue weighted by atomic mass is 16.3. The van der Waals surface area contributed by atoms with Gasteiger partial charge in [0.15, 0.2) is 0 Å². The van der Waals surface area contributed by atoms with Crippen molar-refractivity contribution in [3.05, 3.63) is 23.7 Å². The summed E-state index contributed by atoms with van der Waals surface area (Å²) < 4.78 is 5.74. The van der Waals surface area contributed by atoms with E-state index in [1.165, 1.54) is 24.8 Å². The fraction of sp³-hybridized carbons (Fsp3) is 0.778. The van der Waals surface area contributed by atoms with E-state index in [1.54, 1.807) is 0 Å². The number of hydrogen-bond acceptors (Lipinski definition) is 3. The minimum atomic E-state index is 0.140. The van der Waals surface area contributed by atoms with Gasteiger partial charge in [0.25, 0.3) is 0 Å². The molecule has 0 bridgehead atoms. The fourth-order valence-electron chi connectivity index (χ4n) is 2.25. The van der Waals surface area contributed by atoms with Crippen molar-refractivity contribution in [1.82, 2.24) is 10.2 Å². The largest absolute Gasteiger partial charge is 0.468 e. The molecule has 1 aromatic heterocycles. The summed E-state index contributed by atoms with van der Waals surface area (Å²) in [6.07, 6.45) is 5.74. The van der Waals surface area contributed by atoms with Gasteiger partial charge in [-0.3, -0.25) is 4.90 Å². The highest BCUT2D eigenvalue weighted by molar-refractivity contribution is 5.13. The second-order valence-corrected chi connectivity index (χ2v) is 7.30. The molecule has 0 saturated carbocycles. The van der Waals surface area contributed by atoms with Crippen LogP contribution in [0.25, 0.3) is 0 Å². The van der Waals surface area contributed by atoms with Crippen LogP contribution in [0, 0.1) is 0 Å². The lowest BCUT2D eigenvalue weighted by Crippen LogP contribution is -2.34. The van der Waals surface area contributed by atoms with Crippen LogP contribution in [0.1, 0.15) is 72.1 Å². The molecule has 21 heavy (non-hydrogen) atoms. The van der Waals surface area contributed by atoms with E-state index < -0.39 is 0 Å². The minimum absolute atomic E-state index is 0.140. The molecule has 0 aromatic carbocycles. The number of nitrogens with zero attached hydrogens (tertiary/aromatic N) is 1. The molecule has 1 N–H and O–H groups in total. The van der Waals surface area contributed by atoms with E-state index in [9.17, 15) is 0 Å². The summed E-state index contributed by atoms with van der Waals surface area (Å²) in [5.74, 6) is 1.07. The van der Waals surface area contributed by atoms with Crippen LogP contribution in [-0.4, -0.2) is 23.0 Å². The van der Waals surface area contributed by atoms with Crippen molar-refractivity contribution >= 4 is 0 Å². The lowest BCUT2D eigenvalue weighted by Gasteiger charge is -2.25. The van der Waals surface area contributed by atoms with Crippen LogP contribution < -0.4 is 5.32 Å². The molecule has 0 unspecified atom stereocenters. The van der Waals surface area contributed by atoms with Gasteiger partial charge in [-0.2, -0.15) is 0 Å². The molecule has 0 aliphatic heterocycles. The average Bonchev–Trinajstić information content (AvgIpc) is 2.82. The van der Waals surface area contributed by atoms with E-state index in [4.69, 9.17) is 4.42 Å². The SMILES string of the molecule is CCCCCN(Cc1cc(CNC(C)(C)C)co1)C(C)C. The third-order valence-electron chi connectivity index (χ3n) is 3.67. The quantitative estimate of drug-likeness (QED) is 0.676. The molecule has 0 fully saturated rings. The Labute approximate surface area is 131 Å². The van der Waals surface area contributed by atoms with E-state index in [1.807, 2.05) is 6.26 Å².